The van der Waals surface area contributed by atoms with Crippen molar-refractivity contribution in [1.29, 1.82) is 0 Å². The van der Waals surface area contributed by atoms with Gasteiger partial charge in [-0.15, -0.1) is 0 Å². The number of fused-ring (bicyclic) bond motifs is 4. The highest BCUT2D eigenvalue weighted by molar-refractivity contribution is 5.94. The van der Waals surface area contributed by atoms with Crippen LogP contribution < -0.4 is 0 Å². The number of hydrogen-bond donors (Lipinski definition) is 3. The third kappa shape index (κ3) is 2.32. The molecule has 1 heterocycles. The van der Waals surface area contributed by atoms with Crippen molar-refractivity contribution in [2.24, 2.45) is 5.92 Å². The lowest BCUT2D eigenvalue weighted by atomic mass is 9.80. The van der Waals surface area contributed by atoms with Gasteiger partial charge in [0.2, 0.25) is 0 Å². The number of H-pyrrole nitrogens is 1. The molecule has 1 aromatic carbocycles. The number of hydrogen-bond acceptors (Lipinski definition) is 2. The number of nitrogens with one attached hydrogen (secondary N) is 1. The molecule has 3 N–H and O–H groups in total. The molecule has 2 aromatic rings. The molecular weight excluding hydrogens is 354 g/mol. The Morgan fingerprint density at radius 2 is 1.96 bits per heavy atom. The zero-order valence-corrected chi connectivity index (χ0v) is 13.2. The van der Waals surface area contributed by atoms with Gasteiger partial charge in [-0.05, 0) is 37.0 Å². The molecule has 0 saturated carbocycles. The minimum atomic E-state index is -4.80. The van der Waals surface area contributed by atoms with Crippen LogP contribution in [0.15, 0.2) is 29.5 Å². The quantitative estimate of drug-likeness (QED) is 0.647. The van der Waals surface area contributed by atoms with Gasteiger partial charge in [0, 0.05) is 16.7 Å². The molecular formula is C18H13F4NO3. The highest BCUT2D eigenvalue weighted by Gasteiger charge is 2.37. The average molecular weight is 367 g/mol. The Balaban J connectivity index is 1.90. The van der Waals surface area contributed by atoms with Gasteiger partial charge in [0.25, 0.3) is 0 Å². The minimum absolute atomic E-state index is 0.123. The molecule has 1 atom stereocenters. The van der Waals surface area contributed by atoms with Crippen LogP contribution in [0.2, 0.25) is 0 Å². The van der Waals surface area contributed by atoms with Crippen molar-refractivity contribution in [1.82, 2.24) is 4.98 Å². The van der Waals surface area contributed by atoms with Gasteiger partial charge in [0.05, 0.1) is 11.1 Å². The topological polar surface area (TPSA) is 73.3 Å². The van der Waals surface area contributed by atoms with Crippen molar-refractivity contribution in [3.63, 3.8) is 0 Å². The molecule has 26 heavy (non-hydrogen) atoms. The molecule has 4 nitrogen and oxygen atoms in total. The van der Waals surface area contributed by atoms with Gasteiger partial charge >= 0.3 is 12.1 Å². The summed E-state index contributed by atoms with van der Waals surface area (Å²) < 4.78 is 53.2. The Kier molecular flexibility index (Phi) is 3.44. The number of aromatic nitrogens is 1. The van der Waals surface area contributed by atoms with Crippen LogP contribution in [-0.4, -0.2) is 21.2 Å². The van der Waals surface area contributed by atoms with E-state index in [0.29, 0.717) is 35.1 Å². The predicted octanol–water partition coefficient (Wildman–Crippen LogP) is 4.57. The number of aliphatic hydroxyl groups is 1. The highest BCUT2D eigenvalue weighted by Crippen LogP contribution is 2.44. The smallest absolute Gasteiger partial charge is 0.419 e. The van der Waals surface area contributed by atoms with Crippen LogP contribution in [0.4, 0.5) is 17.6 Å². The van der Waals surface area contributed by atoms with E-state index in [-0.39, 0.29) is 17.7 Å². The monoisotopic (exact) mass is 367 g/mol. The zero-order valence-electron chi connectivity index (χ0n) is 13.2. The van der Waals surface area contributed by atoms with Gasteiger partial charge < -0.3 is 15.2 Å². The Labute approximate surface area is 144 Å². The van der Waals surface area contributed by atoms with Crippen molar-refractivity contribution in [3.05, 3.63) is 52.2 Å². The molecule has 1 unspecified atom stereocenters. The van der Waals surface area contributed by atoms with Crippen molar-refractivity contribution >= 4 is 22.4 Å². The number of carboxylic acids is 1. The molecule has 0 spiro atoms. The maximum atomic E-state index is 14.4. The molecule has 0 bridgehead atoms. The summed E-state index contributed by atoms with van der Waals surface area (Å²) in [6.07, 6.45) is -2.40. The van der Waals surface area contributed by atoms with Gasteiger partial charge in [-0.25, -0.2) is 4.39 Å². The number of carbonyl (C=O) groups is 1. The van der Waals surface area contributed by atoms with Crippen LogP contribution in [0.25, 0.3) is 16.5 Å². The summed E-state index contributed by atoms with van der Waals surface area (Å²) in [6, 6.07) is 1.97. The number of aliphatic carboxylic acids is 1. The largest absolute Gasteiger partial charge is 0.511 e. The average Bonchev–Trinajstić information content (AvgIpc) is 2.93. The van der Waals surface area contributed by atoms with Crippen molar-refractivity contribution < 1.29 is 32.6 Å². The zero-order chi connectivity index (χ0) is 18.8. The molecule has 0 amide bonds. The second-order valence-electron chi connectivity index (χ2n) is 6.51. The summed E-state index contributed by atoms with van der Waals surface area (Å²) in [6.45, 7) is 0. The molecule has 2 aliphatic carbocycles. The minimum Gasteiger partial charge on any atom is -0.511 e. The van der Waals surface area contributed by atoms with Gasteiger partial charge in [0.15, 0.2) is 5.82 Å². The van der Waals surface area contributed by atoms with Crippen molar-refractivity contribution in [2.75, 3.05) is 0 Å². The number of alkyl halides is 3. The Hall–Kier alpha value is -2.77. The van der Waals surface area contributed by atoms with E-state index in [0.717, 1.165) is 11.6 Å². The summed E-state index contributed by atoms with van der Waals surface area (Å²) in [5.74, 6) is -3.86. The number of rotatable bonds is 1. The number of halogens is 4. The van der Waals surface area contributed by atoms with E-state index in [1.165, 1.54) is 12.1 Å². The molecule has 0 saturated heterocycles. The molecule has 0 aliphatic heterocycles. The fraction of sp³-hybridized carbons (Fsp3) is 0.278. The SMILES string of the molecule is O=C(O)C1CC2=C(C=C1O)c1[nH]c3c(F)c(C(F)(F)F)ccc3c1CC2. The maximum Gasteiger partial charge on any atom is 0.419 e. The van der Waals surface area contributed by atoms with E-state index in [2.05, 4.69) is 4.98 Å². The second kappa shape index (κ2) is 5.36. The number of aromatic amines is 1. The maximum absolute atomic E-state index is 14.4. The Bertz CT molecular complexity index is 1010. The van der Waals surface area contributed by atoms with Crippen LogP contribution in [-0.2, 0) is 17.4 Å². The number of benzene rings is 1. The molecule has 4 rings (SSSR count). The Morgan fingerprint density at radius 1 is 1.23 bits per heavy atom. The van der Waals surface area contributed by atoms with Crippen LogP contribution in [0.3, 0.4) is 0 Å². The first-order valence-corrected chi connectivity index (χ1v) is 7.94. The standard InChI is InChI=1S/C18H13F4NO3/c19-14-12(18(20,21)22)4-3-9-8-2-1-7-5-11(17(25)26)13(24)6-10(7)15(8)23-16(9)14/h3-4,6,11,23-24H,1-2,5H2,(H,25,26). The lowest BCUT2D eigenvalue weighted by molar-refractivity contribution is -0.141. The van der Waals surface area contributed by atoms with Crippen LogP contribution in [0.5, 0.6) is 0 Å². The number of aliphatic hydroxyl groups excluding tert-OH is 1. The van der Waals surface area contributed by atoms with Gasteiger partial charge in [-0.2, -0.15) is 13.2 Å². The second-order valence-corrected chi connectivity index (χ2v) is 6.51. The molecule has 2 aliphatic rings. The molecule has 0 radical (unpaired) electrons. The van der Waals surface area contributed by atoms with Crippen molar-refractivity contribution in [2.45, 2.75) is 25.4 Å². The van der Waals surface area contributed by atoms with Crippen LogP contribution in [0, 0.1) is 11.7 Å². The normalized spacial score (nSPS) is 20.0. The lowest BCUT2D eigenvalue weighted by Gasteiger charge is -2.26. The first kappa shape index (κ1) is 16.7. The van der Waals surface area contributed by atoms with E-state index in [9.17, 15) is 27.5 Å². The Morgan fingerprint density at radius 3 is 2.62 bits per heavy atom. The summed E-state index contributed by atoms with van der Waals surface area (Å²) in [5.41, 5.74) is 0.854. The molecule has 8 heteroatoms. The lowest BCUT2D eigenvalue weighted by Crippen LogP contribution is -2.22. The van der Waals surface area contributed by atoms with E-state index in [1.807, 2.05) is 0 Å². The number of carboxylic acid groups (broad SMARTS) is 1. The number of allylic oxidation sites excluding steroid dienone is 3. The first-order chi connectivity index (χ1) is 12.2. The van der Waals surface area contributed by atoms with Gasteiger partial charge in [-0.1, -0.05) is 11.6 Å². The van der Waals surface area contributed by atoms with E-state index >= 15 is 0 Å². The number of aryl methyl sites for hydroxylation is 1. The summed E-state index contributed by atoms with van der Waals surface area (Å²) in [4.78, 5) is 13.9. The summed E-state index contributed by atoms with van der Waals surface area (Å²) >= 11 is 0. The molecule has 1 aromatic heterocycles. The third-order valence-electron chi connectivity index (χ3n) is 5.05. The van der Waals surface area contributed by atoms with Crippen molar-refractivity contribution in [3.8, 4) is 0 Å². The fourth-order valence-corrected chi connectivity index (χ4v) is 3.78. The molecule has 136 valence electrons. The van der Waals surface area contributed by atoms with Gasteiger partial charge in [-0.3, -0.25) is 4.79 Å². The van der Waals surface area contributed by atoms with Crippen LogP contribution >= 0.6 is 0 Å². The first-order valence-electron chi connectivity index (χ1n) is 7.94. The van der Waals surface area contributed by atoms with E-state index in [4.69, 9.17) is 5.11 Å². The summed E-state index contributed by atoms with van der Waals surface area (Å²) in [5, 5.41) is 19.5. The summed E-state index contributed by atoms with van der Waals surface area (Å²) in [7, 11) is 0. The van der Waals surface area contributed by atoms with E-state index in [1.54, 1.807) is 0 Å². The van der Waals surface area contributed by atoms with Crippen LogP contribution in [0.1, 0.15) is 29.7 Å². The van der Waals surface area contributed by atoms with Gasteiger partial charge in [0.1, 0.15) is 11.7 Å². The van der Waals surface area contributed by atoms with E-state index < -0.39 is 29.4 Å². The predicted molar refractivity (Wildman–Crippen MR) is 85.0 cm³/mol. The molecule has 0 fully saturated rings. The third-order valence-corrected chi connectivity index (χ3v) is 5.05. The fourth-order valence-electron chi connectivity index (χ4n) is 3.78. The highest BCUT2D eigenvalue weighted by atomic mass is 19.4.